The van der Waals surface area contributed by atoms with Crippen molar-refractivity contribution in [2.75, 3.05) is 5.43 Å². The molecular weight excluding hydrogens is 205 g/mol. The van der Waals surface area contributed by atoms with Crippen LogP contribution in [0.5, 0.6) is 0 Å². The number of pyridine rings is 1. The summed E-state index contributed by atoms with van der Waals surface area (Å²) in [6, 6.07) is 3.14. The molecule has 0 saturated carbocycles. The van der Waals surface area contributed by atoms with Crippen molar-refractivity contribution in [1.82, 2.24) is 4.98 Å². The fourth-order valence-electron chi connectivity index (χ4n) is 1.84. The number of anilines is 1. The van der Waals surface area contributed by atoms with Gasteiger partial charge in [-0.3, -0.25) is 10.8 Å². The predicted octanol–water partition coefficient (Wildman–Crippen LogP) is 2.58. The molecule has 0 aliphatic rings. The molecule has 0 bridgehead atoms. The zero-order valence-electron chi connectivity index (χ0n) is 9.56. The Hall–Kier alpha value is -1.68. The lowest BCUT2D eigenvalue weighted by Gasteiger charge is -2.13. The smallest absolute Gasteiger partial charge is 0.128 e. The summed E-state index contributed by atoms with van der Waals surface area (Å²) in [6.45, 7) is 5.55. The lowest BCUT2D eigenvalue weighted by atomic mass is 10.0. The summed E-state index contributed by atoms with van der Waals surface area (Å²) in [4.78, 5) is 4.41. The van der Waals surface area contributed by atoms with Crippen LogP contribution in [0.25, 0.3) is 10.9 Å². The van der Waals surface area contributed by atoms with Gasteiger partial charge < -0.3 is 5.43 Å². The van der Waals surface area contributed by atoms with Gasteiger partial charge in [0.25, 0.3) is 0 Å². The van der Waals surface area contributed by atoms with E-state index < -0.39 is 0 Å². The normalized spacial score (nSPS) is 10.8. The van der Waals surface area contributed by atoms with Gasteiger partial charge in [0, 0.05) is 16.6 Å². The Bertz CT molecular complexity index is 564. The lowest BCUT2D eigenvalue weighted by molar-refractivity contribution is 0.620. The van der Waals surface area contributed by atoms with E-state index in [1.807, 2.05) is 13.8 Å². The van der Waals surface area contributed by atoms with Crippen molar-refractivity contribution in [1.29, 1.82) is 0 Å². The van der Waals surface area contributed by atoms with Gasteiger partial charge in [-0.25, -0.2) is 4.39 Å². The van der Waals surface area contributed by atoms with Gasteiger partial charge in [-0.1, -0.05) is 0 Å². The lowest BCUT2D eigenvalue weighted by Crippen LogP contribution is -2.10. The van der Waals surface area contributed by atoms with E-state index in [-0.39, 0.29) is 5.82 Å². The first kappa shape index (κ1) is 10.8. The Balaban J connectivity index is 2.96. The van der Waals surface area contributed by atoms with Crippen LogP contribution in [0.4, 0.5) is 10.1 Å². The van der Waals surface area contributed by atoms with Crippen LogP contribution in [-0.4, -0.2) is 4.98 Å². The Morgan fingerprint density at radius 2 is 1.88 bits per heavy atom. The Morgan fingerprint density at radius 1 is 1.19 bits per heavy atom. The molecule has 1 aromatic heterocycles. The van der Waals surface area contributed by atoms with Crippen molar-refractivity contribution in [2.24, 2.45) is 5.84 Å². The van der Waals surface area contributed by atoms with E-state index >= 15 is 0 Å². The van der Waals surface area contributed by atoms with Gasteiger partial charge in [-0.05, 0) is 38.5 Å². The van der Waals surface area contributed by atoms with Gasteiger partial charge in [-0.2, -0.15) is 0 Å². The first-order valence-corrected chi connectivity index (χ1v) is 5.09. The minimum atomic E-state index is -0.244. The minimum Gasteiger partial charge on any atom is -0.323 e. The molecular formula is C12H14FN3. The summed E-state index contributed by atoms with van der Waals surface area (Å²) in [5, 5.41) is 0.851. The molecule has 0 unspecified atom stereocenters. The topological polar surface area (TPSA) is 50.9 Å². The van der Waals surface area contributed by atoms with Crippen LogP contribution < -0.4 is 11.3 Å². The first-order chi connectivity index (χ1) is 7.56. The van der Waals surface area contributed by atoms with E-state index in [1.54, 1.807) is 13.0 Å². The summed E-state index contributed by atoms with van der Waals surface area (Å²) in [6.07, 6.45) is 0. The molecule has 0 aliphatic carbocycles. The van der Waals surface area contributed by atoms with E-state index in [0.29, 0.717) is 11.1 Å². The number of fused-ring (bicyclic) bond motifs is 1. The maximum atomic E-state index is 13.4. The van der Waals surface area contributed by atoms with Crippen molar-refractivity contribution < 1.29 is 4.39 Å². The molecule has 0 atom stereocenters. The third-order valence-electron chi connectivity index (χ3n) is 2.98. The highest BCUT2D eigenvalue weighted by Gasteiger charge is 2.11. The molecule has 0 saturated heterocycles. The Labute approximate surface area is 93.5 Å². The second kappa shape index (κ2) is 3.72. The van der Waals surface area contributed by atoms with Crippen LogP contribution in [0.3, 0.4) is 0 Å². The van der Waals surface area contributed by atoms with E-state index in [4.69, 9.17) is 5.84 Å². The zero-order chi connectivity index (χ0) is 11.9. The highest BCUT2D eigenvalue weighted by Crippen LogP contribution is 2.29. The molecule has 3 nitrogen and oxygen atoms in total. The van der Waals surface area contributed by atoms with Crippen molar-refractivity contribution in [2.45, 2.75) is 20.8 Å². The summed E-state index contributed by atoms with van der Waals surface area (Å²) in [5.41, 5.74) is 6.53. The fraction of sp³-hybridized carbons (Fsp3) is 0.250. The zero-order valence-corrected chi connectivity index (χ0v) is 9.56. The van der Waals surface area contributed by atoms with E-state index in [9.17, 15) is 4.39 Å². The van der Waals surface area contributed by atoms with Crippen molar-refractivity contribution in [3.63, 3.8) is 0 Å². The summed E-state index contributed by atoms with van der Waals surface area (Å²) in [5.74, 6) is 5.26. The SMILES string of the molecule is Cc1nc2c(C)c(F)ccc2c(NN)c1C. The molecule has 0 fully saturated rings. The van der Waals surface area contributed by atoms with E-state index in [2.05, 4.69) is 10.4 Å². The van der Waals surface area contributed by atoms with Gasteiger partial charge in [0.05, 0.1) is 11.2 Å². The molecule has 2 rings (SSSR count). The van der Waals surface area contributed by atoms with E-state index in [0.717, 1.165) is 22.3 Å². The number of nitrogens with one attached hydrogen (secondary N) is 1. The molecule has 16 heavy (non-hydrogen) atoms. The van der Waals surface area contributed by atoms with Gasteiger partial charge in [-0.15, -0.1) is 0 Å². The Kier molecular flexibility index (Phi) is 2.52. The molecule has 0 aliphatic heterocycles. The molecule has 3 N–H and O–H groups in total. The van der Waals surface area contributed by atoms with Crippen LogP contribution in [0.1, 0.15) is 16.8 Å². The van der Waals surface area contributed by atoms with Crippen LogP contribution >= 0.6 is 0 Å². The molecule has 1 heterocycles. The third kappa shape index (κ3) is 1.42. The monoisotopic (exact) mass is 219 g/mol. The molecule has 0 radical (unpaired) electrons. The standard InChI is InChI=1S/C12H14FN3/c1-6-8(3)15-11-7(2)10(13)5-4-9(11)12(6)16-14/h4-5H,14H2,1-3H3,(H,15,16). The molecule has 2 aromatic rings. The second-order valence-corrected chi connectivity index (χ2v) is 3.91. The predicted molar refractivity (Wildman–Crippen MR) is 63.7 cm³/mol. The van der Waals surface area contributed by atoms with Crippen LogP contribution in [0.15, 0.2) is 12.1 Å². The van der Waals surface area contributed by atoms with Crippen molar-refractivity contribution in [3.8, 4) is 0 Å². The fourth-order valence-corrected chi connectivity index (χ4v) is 1.84. The van der Waals surface area contributed by atoms with Crippen LogP contribution in [-0.2, 0) is 0 Å². The maximum Gasteiger partial charge on any atom is 0.128 e. The average molecular weight is 219 g/mol. The molecule has 1 aromatic carbocycles. The summed E-state index contributed by atoms with van der Waals surface area (Å²) < 4.78 is 13.4. The van der Waals surface area contributed by atoms with Crippen molar-refractivity contribution >= 4 is 16.6 Å². The maximum absolute atomic E-state index is 13.4. The van der Waals surface area contributed by atoms with Gasteiger partial charge in [0.1, 0.15) is 5.82 Å². The number of hydrogen-bond acceptors (Lipinski definition) is 3. The number of hydrazine groups is 1. The number of nitrogens with zero attached hydrogens (tertiary/aromatic N) is 1. The van der Waals surface area contributed by atoms with Crippen LogP contribution in [0.2, 0.25) is 0 Å². The molecule has 4 heteroatoms. The number of nitrogens with two attached hydrogens (primary N) is 1. The first-order valence-electron chi connectivity index (χ1n) is 5.09. The summed E-state index contributed by atoms with van der Waals surface area (Å²) >= 11 is 0. The number of aryl methyl sites for hydroxylation is 2. The number of halogens is 1. The Morgan fingerprint density at radius 3 is 2.50 bits per heavy atom. The highest BCUT2D eigenvalue weighted by molar-refractivity contribution is 5.94. The molecule has 0 amide bonds. The number of aromatic nitrogens is 1. The largest absolute Gasteiger partial charge is 0.323 e. The second-order valence-electron chi connectivity index (χ2n) is 3.91. The quantitative estimate of drug-likeness (QED) is 0.572. The van der Waals surface area contributed by atoms with Gasteiger partial charge in [0.2, 0.25) is 0 Å². The summed E-state index contributed by atoms with van der Waals surface area (Å²) in [7, 11) is 0. The molecule has 0 spiro atoms. The van der Waals surface area contributed by atoms with E-state index in [1.165, 1.54) is 6.07 Å². The number of rotatable bonds is 1. The third-order valence-corrected chi connectivity index (χ3v) is 2.98. The minimum absolute atomic E-state index is 0.244. The van der Waals surface area contributed by atoms with Crippen molar-refractivity contribution in [3.05, 3.63) is 34.8 Å². The van der Waals surface area contributed by atoms with Gasteiger partial charge >= 0.3 is 0 Å². The van der Waals surface area contributed by atoms with Gasteiger partial charge in [0.15, 0.2) is 0 Å². The molecule has 84 valence electrons. The average Bonchev–Trinajstić information content (AvgIpc) is 2.27. The van der Waals surface area contributed by atoms with Crippen LogP contribution in [0, 0.1) is 26.6 Å². The highest BCUT2D eigenvalue weighted by atomic mass is 19.1. The number of nitrogen functional groups attached to an aromatic ring is 1. The number of benzene rings is 1. The number of hydrogen-bond donors (Lipinski definition) is 2.